The fourth-order valence-corrected chi connectivity index (χ4v) is 8.38. The number of rotatable bonds is 1. The van der Waals surface area contributed by atoms with Crippen molar-refractivity contribution < 1.29 is 31.0 Å². The molecule has 1 amide bonds. The fourth-order valence-electron chi connectivity index (χ4n) is 8.38. The molecule has 0 aromatic heterocycles. The van der Waals surface area contributed by atoms with Crippen molar-refractivity contribution in [2.45, 2.75) is 42.9 Å². The van der Waals surface area contributed by atoms with Crippen LogP contribution in [-0.4, -0.2) is 54.8 Å². The zero-order valence-corrected chi connectivity index (χ0v) is 18.0. The van der Waals surface area contributed by atoms with E-state index < -0.39 is 0 Å². The Hall–Kier alpha value is -1.61. The number of para-hydroxylation sites is 1. The van der Waals surface area contributed by atoms with Crippen molar-refractivity contribution in [1.82, 2.24) is 0 Å². The van der Waals surface area contributed by atoms with E-state index in [1.165, 1.54) is 17.7 Å². The molecule has 1 aromatic carbocycles. The van der Waals surface area contributed by atoms with Gasteiger partial charge in [0.15, 0.2) is 0 Å². The van der Waals surface area contributed by atoms with Gasteiger partial charge in [-0.1, -0.05) is 24.3 Å². The molecule has 1 spiro atoms. The molecule has 150 valence electrons. The molecular weight excluding hydrogens is 428 g/mol. The number of terminal acetylenes is 1. The first-order valence-electron chi connectivity index (χ1n) is 10.7. The number of carbonyl (C=O) groups excluding carboxylic acids is 1. The van der Waals surface area contributed by atoms with Gasteiger partial charge in [-0.15, -0.1) is 6.42 Å². The Morgan fingerprint density at radius 1 is 1.34 bits per heavy atom. The zero-order valence-electron chi connectivity index (χ0n) is 16.4. The minimum Gasteiger partial charge on any atom is -1.00 e. The van der Waals surface area contributed by atoms with E-state index in [1.807, 2.05) is 0 Å². The van der Waals surface area contributed by atoms with Crippen molar-refractivity contribution in [2.24, 2.45) is 11.8 Å². The van der Waals surface area contributed by atoms with Crippen LogP contribution in [0.15, 0.2) is 35.9 Å². The Balaban J connectivity index is 0.00000165. The van der Waals surface area contributed by atoms with Gasteiger partial charge in [0.25, 0.3) is 0 Å². The van der Waals surface area contributed by atoms with E-state index in [9.17, 15) is 4.79 Å². The normalized spacial score (nSPS) is 44.9. The number of fused-ring (bicyclic) bond motifs is 2. The molecule has 1 aliphatic carbocycles. The molecular formula is C24H25BrN2O2. The molecule has 7 rings (SSSR count). The van der Waals surface area contributed by atoms with Gasteiger partial charge in [-0.2, -0.15) is 0 Å². The summed E-state index contributed by atoms with van der Waals surface area (Å²) in [4.78, 5) is 15.6. The standard InChI is InChI=1S/C24H25N2O2.BrH/c1-2-9-26-10-8-24-17-5-3-4-6-18(17)25-21(27)13-19-22(23(24)25)16(12-20(24)26)15(14-26)7-11-28-19;/h1,3-7,16,19-20,22-23H,8-14H2;1H/q+1;/p-1/t16-,19-,20-,22-,23-,24+,26?;/m0./s1. The number of halogens is 1. The third-order valence-corrected chi connectivity index (χ3v) is 9.11. The number of carbonyl (C=O) groups is 1. The van der Waals surface area contributed by atoms with E-state index >= 15 is 0 Å². The van der Waals surface area contributed by atoms with Crippen LogP contribution in [0.1, 0.15) is 24.8 Å². The van der Waals surface area contributed by atoms with Crippen LogP contribution in [0.3, 0.4) is 0 Å². The Kier molecular flexibility index (Phi) is 3.61. The lowest BCUT2D eigenvalue weighted by atomic mass is 9.53. The molecule has 5 aliphatic heterocycles. The van der Waals surface area contributed by atoms with Crippen molar-refractivity contribution in [3.05, 3.63) is 41.5 Å². The van der Waals surface area contributed by atoms with Gasteiger partial charge in [-0.25, -0.2) is 0 Å². The number of ether oxygens (including phenoxy) is 1. The molecule has 5 heterocycles. The second-order valence-electron chi connectivity index (χ2n) is 9.77. The van der Waals surface area contributed by atoms with Crippen molar-refractivity contribution >= 4 is 11.6 Å². The minimum absolute atomic E-state index is 0. The van der Waals surface area contributed by atoms with Gasteiger partial charge in [0.1, 0.15) is 19.1 Å². The summed E-state index contributed by atoms with van der Waals surface area (Å²) in [5, 5.41) is 0. The van der Waals surface area contributed by atoms with E-state index in [4.69, 9.17) is 11.2 Å². The minimum atomic E-state index is 0. The molecule has 1 unspecified atom stereocenters. The summed E-state index contributed by atoms with van der Waals surface area (Å²) < 4.78 is 7.33. The molecule has 5 heteroatoms. The van der Waals surface area contributed by atoms with Crippen molar-refractivity contribution in [2.75, 3.05) is 31.1 Å². The van der Waals surface area contributed by atoms with Crippen LogP contribution in [0.2, 0.25) is 0 Å². The molecule has 0 N–H and O–H groups in total. The monoisotopic (exact) mass is 452 g/mol. The van der Waals surface area contributed by atoms with Crippen molar-refractivity contribution in [1.29, 1.82) is 0 Å². The van der Waals surface area contributed by atoms with E-state index in [0.717, 1.165) is 30.5 Å². The molecule has 0 radical (unpaired) electrons. The smallest absolute Gasteiger partial charge is 0.229 e. The van der Waals surface area contributed by atoms with Crippen LogP contribution in [0, 0.1) is 24.2 Å². The number of anilines is 1. The molecule has 4 nitrogen and oxygen atoms in total. The van der Waals surface area contributed by atoms with Crippen LogP contribution in [0.25, 0.3) is 0 Å². The zero-order chi connectivity index (χ0) is 18.7. The van der Waals surface area contributed by atoms with E-state index in [0.29, 0.717) is 30.9 Å². The topological polar surface area (TPSA) is 29.5 Å². The molecule has 1 aromatic rings. The van der Waals surface area contributed by atoms with Crippen molar-refractivity contribution in [3.63, 3.8) is 0 Å². The first-order chi connectivity index (χ1) is 13.7. The van der Waals surface area contributed by atoms with Gasteiger partial charge in [-0.3, -0.25) is 4.79 Å². The number of hydrogen-bond acceptors (Lipinski definition) is 2. The maximum absolute atomic E-state index is 13.4. The van der Waals surface area contributed by atoms with Crippen LogP contribution >= 0.6 is 0 Å². The summed E-state index contributed by atoms with van der Waals surface area (Å²) >= 11 is 0. The van der Waals surface area contributed by atoms with Crippen LogP contribution in [0.4, 0.5) is 5.69 Å². The molecule has 1 saturated carbocycles. The van der Waals surface area contributed by atoms with Gasteiger partial charge < -0.3 is 31.1 Å². The third kappa shape index (κ3) is 1.88. The quantitative estimate of drug-likeness (QED) is 0.318. The summed E-state index contributed by atoms with van der Waals surface area (Å²) in [6.45, 7) is 3.66. The van der Waals surface area contributed by atoms with Crippen LogP contribution in [-0.2, 0) is 14.9 Å². The Bertz CT molecular complexity index is 999. The maximum Gasteiger partial charge on any atom is 0.229 e. The van der Waals surface area contributed by atoms with E-state index in [-0.39, 0.29) is 40.4 Å². The van der Waals surface area contributed by atoms with Gasteiger partial charge in [0.2, 0.25) is 5.91 Å². The summed E-state index contributed by atoms with van der Waals surface area (Å²) in [5.41, 5.74) is 4.17. The largest absolute Gasteiger partial charge is 1.00 e. The summed E-state index contributed by atoms with van der Waals surface area (Å²) in [7, 11) is 0. The number of quaternary nitrogens is 1. The highest BCUT2D eigenvalue weighted by Crippen LogP contribution is 2.67. The first kappa shape index (κ1) is 18.2. The molecule has 6 aliphatic rings. The van der Waals surface area contributed by atoms with Crippen LogP contribution in [0.5, 0.6) is 0 Å². The van der Waals surface area contributed by atoms with Gasteiger partial charge in [0, 0.05) is 24.4 Å². The van der Waals surface area contributed by atoms with Gasteiger partial charge >= 0.3 is 0 Å². The Labute approximate surface area is 182 Å². The summed E-state index contributed by atoms with van der Waals surface area (Å²) in [6, 6.07) is 9.47. The highest BCUT2D eigenvalue weighted by molar-refractivity contribution is 5.99. The Morgan fingerprint density at radius 2 is 2.21 bits per heavy atom. The van der Waals surface area contributed by atoms with Crippen LogP contribution < -0.4 is 21.9 Å². The number of piperidine rings is 2. The lowest BCUT2D eigenvalue weighted by Crippen LogP contribution is -3.00. The van der Waals surface area contributed by atoms with Gasteiger partial charge in [0.05, 0.1) is 37.1 Å². The third-order valence-electron chi connectivity index (χ3n) is 9.11. The lowest BCUT2D eigenvalue weighted by Gasteiger charge is -2.60. The van der Waals surface area contributed by atoms with E-state index in [1.54, 1.807) is 5.57 Å². The van der Waals surface area contributed by atoms with Gasteiger partial charge in [-0.05, 0) is 29.0 Å². The average Bonchev–Trinajstić information content (AvgIpc) is 3.13. The maximum atomic E-state index is 13.4. The highest BCUT2D eigenvalue weighted by atomic mass is 79.9. The fraction of sp³-hybridized carbons (Fsp3) is 0.542. The second-order valence-corrected chi connectivity index (χ2v) is 9.77. The predicted octanol–water partition coefficient (Wildman–Crippen LogP) is -0.755. The van der Waals surface area contributed by atoms with Crippen molar-refractivity contribution in [3.8, 4) is 12.3 Å². The number of amides is 1. The molecule has 2 bridgehead atoms. The molecule has 4 fully saturated rings. The summed E-state index contributed by atoms with van der Waals surface area (Å²) in [5.74, 6) is 4.24. The summed E-state index contributed by atoms with van der Waals surface area (Å²) in [6.07, 6.45) is 11.2. The molecule has 29 heavy (non-hydrogen) atoms. The SMILES string of the molecule is C#CC[N+]12CC[C@@]34c5ccccc5N5C(=O)C[C@@H]6OCC=C(C1)[C@H](C[C@@H]32)[C@@H]6[C@H]54.[Br-]. The average molecular weight is 453 g/mol. The Morgan fingerprint density at radius 3 is 3.07 bits per heavy atom. The molecule has 3 saturated heterocycles. The number of nitrogens with zero attached hydrogens (tertiary/aromatic N) is 2. The highest BCUT2D eigenvalue weighted by Gasteiger charge is 2.75. The number of benzene rings is 1. The lowest BCUT2D eigenvalue weighted by molar-refractivity contribution is -0.936. The second kappa shape index (κ2) is 5.75. The number of hydrogen-bond donors (Lipinski definition) is 0. The van der Waals surface area contributed by atoms with E-state index in [2.05, 4.69) is 41.2 Å². The predicted molar refractivity (Wildman–Crippen MR) is 106 cm³/mol. The first-order valence-corrected chi connectivity index (χ1v) is 10.7. The molecule has 7 atom stereocenters.